The van der Waals surface area contributed by atoms with E-state index in [1.165, 1.54) is 12.1 Å². The molecule has 1 aromatic carbocycles. The van der Waals surface area contributed by atoms with Crippen LogP contribution in [0.3, 0.4) is 0 Å². The summed E-state index contributed by atoms with van der Waals surface area (Å²) in [4.78, 5) is 8.42. The first-order valence-electron chi connectivity index (χ1n) is 5.76. The van der Waals surface area contributed by atoms with E-state index < -0.39 is 0 Å². The molecule has 18 heavy (non-hydrogen) atoms. The van der Waals surface area contributed by atoms with Gasteiger partial charge in [-0.3, -0.25) is 0 Å². The van der Waals surface area contributed by atoms with Crippen LogP contribution in [0.4, 0.5) is 4.39 Å². The van der Waals surface area contributed by atoms with Crippen LogP contribution in [0.15, 0.2) is 36.7 Å². The van der Waals surface area contributed by atoms with Crippen molar-refractivity contribution >= 4 is 0 Å². The zero-order valence-electron chi connectivity index (χ0n) is 9.64. The van der Waals surface area contributed by atoms with Crippen LogP contribution in [-0.2, 0) is 0 Å². The average molecular weight is 245 g/mol. The zero-order chi connectivity index (χ0) is 12.4. The van der Waals surface area contributed by atoms with Crippen LogP contribution < -0.4 is 10.1 Å². The number of nitrogens with one attached hydrogen (secondary N) is 1. The number of aromatic nitrogens is 2. The first-order chi connectivity index (χ1) is 8.81. The zero-order valence-corrected chi connectivity index (χ0v) is 9.64. The van der Waals surface area contributed by atoms with Crippen LogP contribution in [0.1, 0.15) is 0 Å². The highest BCUT2D eigenvalue weighted by Crippen LogP contribution is 2.17. The van der Waals surface area contributed by atoms with Crippen molar-refractivity contribution in [1.82, 2.24) is 15.3 Å². The summed E-state index contributed by atoms with van der Waals surface area (Å²) in [6, 6.07) is 6.09. The predicted molar refractivity (Wildman–Crippen MR) is 64.7 cm³/mol. The van der Waals surface area contributed by atoms with Gasteiger partial charge >= 0.3 is 0 Å². The van der Waals surface area contributed by atoms with Gasteiger partial charge in [-0.2, -0.15) is 0 Å². The number of hydrogen-bond acceptors (Lipinski definition) is 4. The van der Waals surface area contributed by atoms with Gasteiger partial charge < -0.3 is 10.1 Å². The lowest BCUT2D eigenvalue weighted by Crippen LogP contribution is -2.50. The van der Waals surface area contributed by atoms with E-state index in [4.69, 9.17) is 4.74 Å². The smallest absolute Gasteiger partial charge is 0.159 e. The molecule has 0 amide bonds. The Kier molecular flexibility index (Phi) is 2.90. The second kappa shape index (κ2) is 4.70. The molecule has 5 heteroatoms. The maximum Gasteiger partial charge on any atom is 0.159 e. The summed E-state index contributed by atoms with van der Waals surface area (Å²) in [5.74, 6) is 0.956. The first-order valence-corrected chi connectivity index (χ1v) is 5.76. The summed E-state index contributed by atoms with van der Waals surface area (Å²) >= 11 is 0. The van der Waals surface area contributed by atoms with Gasteiger partial charge in [-0.25, -0.2) is 14.4 Å². The Balaban J connectivity index is 1.75. The molecule has 92 valence electrons. The summed E-state index contributed by atoms with van der Waals surface area (Å²) in [7, 11) is 0. The molecule has 2 heterocycles. The normalized spacial score (nSPS) is 15.2. The highest BCUT2D eigenvalue weighted by Gasteiger charge is 2.18. The molecular formula is C13H12FN3O. The maximum atomic E-state index is 12.8. The molecule has 0 saturated carbocycles. The van der Waals surface area contributed by atoms with Crippen molar-refractivity contribution in [3.05, 3.63) is 42.5 Å². The van der Waals surface area contributed by atoms with Crippen molar-refractivity contribution < 1.29 is 9.13 Å². The van der Waals surface area contributed by atoms with Gasteiger partial charge in [0.05, 0.1) is 12.4 Å². The van der Waals surface area contributed by atoms with Crippen LogP contribution in [-0.4, -0.2) is 29.2 Å². The van der Waals surface area contributed by atoms with Gasteiger partial charge in [-0.1, -0.05) is 0 Å². The summed E-state index contributed by atoms with van der Waals surface area (Å²) in [6.07, 6.45) is 3.50. The van der Waals surface area contributed by atoms with Gasteiger partial charge in [-0.15, -0.1) is 0 Å². The van der Waals surface area contributed by atoms with Crippen molar-refractivity contribution in [3.63, 3.8) is 0 Å². The average Bonchev–Trinajstić information content (AvgIpc) is 2.36. The number of halogens is 1. The fourth-order valence-corrected chi connectivity index (χ4v) is 1.66. The Morgan fingerprint density at radius 2 is 1.78 bits per heavy atom. The molecule has 0 radical (unpaired) electrons. The van der Waals surface area contributed by atoms with E-state index >= 15 is 0 Å². The minimum atomic E-state index is -0.267. The van der Waals surface area contributed by atoms with Gasteiger partial charge in [0.1, 0.15) is 11.9 Å². The molecule has 4 nitrogen and oxygen atoms in total. The van der Waals surface area contributed by atoms with Gasteiger partial charge in [0.15, 0.2) is 11.6 Å². The third kappa shape index (κ3) is 2.31. The van der Waals surface area contributed by atoms with E-state index in [1.54, 1.807) is 24.5 Å². The largest absolute Gasteiger partial charge is 0.485 e. The Labute approximate surface area is 104 Å². The van der Waals surface area contributed by atoms with E-state index in [1.807, 2.05) is 0 Å². The lowest BCUT2D eigenvalue weighted by atomic mass is 10.2. The predicted octanol–water partition coefficient (Wildman–Crippen LogP) is 1.63. The molecule has 2 aromatic rings. The molecule has 0 aliphatic carbocycles. The molecular weight excluding hydrogens is 233 g/mol. The second-order valence-corrected chi connectivity index (χ2v) is 4.15. The minimum Gasteiger partial charge on any atom is -0.485 e. The third-order valence-electron chi connectivity index (χ3n) is 2.78. The molecule has 0 atom stereocenters. The Morgan fingerprint density at radius 1 is 1.11 bits per heavy atom. The molecule has 0 bridgehead atoms. The van der Waals surface area contributed by atoms with Crippen molar-refractivity contribution in [1.29, 1.82) is 0 Å². The van der Waals surface area contributed by atoms with Gasteiger partial charge in [-0.05, 0) is 24.3 Å². The Hall–Kier alpha value is -2.01. The number of nitrogens with zero attached hydrogens (tertiary/aromatic N) is 2. The van der Waals surface area contributed by atoms with Crippen LogP contribution >= 0.6 is 0 Å². The van der Waals surface area contributed by atoms with Gasteiger partial charge in [0.2, 0.25) is 0 Å². The SMILES string of the molecule is Fc1ccc(-c2ncc(OC3CNC3)cn2)cc1. The molecule has 3 rings (SSSR count). The number of rotatable bonds is 3. The second-order valence-electron chi connectivity index (χ2n) is 4.15. The summed E-state index contributed by atoms with van der Waals surface area (Å²) in [5, 5.41) is 3.12. The standard InChI is InChI=1S/C13H12FN3O/c14-10-3-1-9(2-4-10)13-16-7-12(8-17-13)18-11-5-15-6-11/h1-4,7-8,11,15H,5-6H2. The Morgan fingerprint density at radius 3 is 2.33 bits per heavy atom. The molecule has 1 N–H and O–H groups in total. The molecule has 1 aromatic heterocycles. The Bertz CT molecular complexity index is 523. The fraction of sp³-hybridized carbons (Fsp3) is 0.231. The molecule has 1 saturated heterocycles. The van der Waals surface area contributed by atoms with E-state index in [-0.39, 0.29) is 11.9 Å². The lowest BCUT2D eigenvalue weighted by molar-refractivity contribution is 0.141. The molecule has 0 spiro atoms. The highest BCUT2D eigenvalue weighted by atomic mass is 19.1. The molecule has 0 unspecified atom stereocenters. The van der Waals surface area contributed by atoms with Crippen LogP contribution in [0.5, 0.6) is 5.75 Å². The van der Waals surface area contributed by atoms with E-state index in [9.17, 15) is 4.39 Å². The van der Waals surface area contributed by atoms with Crippen molar-refractivity contribution in [2.75, 3.05) is 13.1 Å². The van der Waals surface area contributed by atoms with Crippen molar-refractivity contribution in [3.8, 4) is 17.1 Å². The summed E-state index contributed by atoms with van der Waals surface area (Å²) in [6.45, 7) is 1.72. The van der Waals surface area contributed by atoms with Crippen LogP contribution in [0, 0.1) is 5.82 Å². The summed E-state index contributed by atoms with van der Waals surface area (Å²) in [5.41, 5.74) is 0.785. The molecule has 1 fully saturated rings. The molecule has 1 aliphatic rings. The van der Waals surface area contributed by atoms with E-state index in [2.05, 4.69) is 15.3 Å². The van der Waals surface area contributed by atoms with Crippen LogP contribution in [0.25, 0.3) is 11.4 Å². The molecule has 1 aliphatic heterocycles. The maximum absolute atomic E-state index is 12.8. The van der Waals surface area contributed by atoms with E-state index in [0.717, 1.165) is 18.7 Å². The van der Waals surface area contributed by atoms with Gasteiger partial charge in [0.25, 0.3) is 0 Å². The third-order valence-corrected chi connectivity index (χ3v) is 2.78. The number of ether oxygens (including phenoxy) is 1. The van der Waals surface area contributed by atoms with Crippen molar-refractivity contribution in [2.45, 2.75) is 6.10 Å². The first kappa shape index (κ1) is 11.1. The number of benzene rings is 1. The quantitative estimate of drug-likeness (QED) is 0.892. The van der Waals surface area contributed by atoms with E-state index in [0.29, 0.717) is 11.6 Å². The fourth-order valence-electron chi connectivity index (χ4n) is 1.66. The van der Waals surface area contributed by atoms with Crippen molar-refractivity contribution in [2.24, 2.45) is 0 Å². The highest BCUT2D eigenvalue weighted by molar-refractivity contribution is 5.54. The summed E-state index contributed by atoms with van der Waals surface area (Å²) < 4.78 is 18.4. The topological polar surface area (TPSA) is 47.0 Å². The van der Waals surface area contributed by atoms with Gasteiger partial charge in [0, 0.05) is 18.7 Å². The monoisotopic (exact) mass is 245 g/mol. The minimum absolute atomic E-state index is 0.213. The van der Waals surface area contributed by atoms with Crippen LogP contribution in [0.2, 0.25) is 0 Å². The lowest BCUT2D eigenvalue weighted by Gasteiger charge is -2.27. The number of hydrogen-bond donors (Lipinski definition) is 1.